The van der Waals surface area contributed by atoms with Crippen LogP contribution in [0.25, 0.3) is 0 Å². The molecule has 0 aliphatic heterocycles. The van der Waals surface area contributed by atoms with Crippen LogP contribution in [0.5, 0.6) is 0 Å². The van der Waals surface area contributed by atoms with Crippen molar-refractivity contribution in [2.45, 2.75) is 37.3 Å². The van der Waals surface area contributed by atoms with Crippen molar-refractivity contribution in [3.8, 4) is 0 Å². The quantitative estimate of drug-likeness (QED) is 0.282. The van der Waals surface area contributed by atoms with Gasteiger partial charge in [-0.25, -0.2) is 0 Å². The fraction of sp³-hybridized carbons (Fsp3) is 0.571. The SMILES string of the molecule is [SiH3]C(Cl)C(Cl)(Cl)c1cc(C(Cl)(Cl)C([SiH3])Cl)c(C(Cl)(Cl)C([SiH3])Cl)cc1C(Cl)(Cl)C([SiH3])Cl. The summed E-state index contributed by atoms with van der Waals surface area (Å²) >= 11 is 78.7. The normalized spacial score (nSPS) is 18.5. The van der Waals surface area contributed by atoms with Gasteiger partial charge in [-0.1, -0.05) is 92.8 Å². The van der Waals surface area contributed by atoms with Crippen molar-refractivity contribution in [1.82, 2.24) is 0 Å². The molecule has 0 fully saturated rings. The number of hydrogen-bond donors (Lipinski definition) is 0. The molecule has 0 aromatic heterocycles. The lowest BCUT2D eigenvalue weighted by atomic mass is 9.91. The molecule has 174 valence electrons. The van der Waals surface area contributed by atoms with Crippen LogP contribution in [-0.4, -0.2) is 61.0 Å². The van der Waals surface area contributed by atoms with Gasteiger partial charge in [-0.3, -0.25) is 0 Å². The number of benzene rings is 1. The summed E-state index contributed by atoms with van der Waals surface area (Å²) < 4.78 is -6.28. The zero-order valence-electron chi connectivity index (χ0n) is 16.0. The Morgan fingerprint density at radius 1 is 0.433 bits per heavy atom. The maximum atomic E-state index is 6.67. The highest BCUT2D eigenvalue weighted by Gasteiger charge is 2.48. The highest BCUT2D eigenvalue weighted by atomic mass is 35.5. The molecule has 1 aromatic carbocycles. The predicted molar refractivity (Wildman–Crippen MR) is 158 cm³/mol. The summed E-state index contributed by atoms with van der Waals surface area (Å²) in [5.41, 5.74) is 1.22. The topological polar surface area (TPSA) is 0 Å². The average Bonchev–Trinajstić information content (AvgIpc) is 2.59. The van der Waals surface area contributed by atoms with Gasteiger partial charge in [-0.2, -0.15) is 0 Å². The summed E-state index contributed by atoms with van der Waals surface area (Å²) in [5, 5.41) is -2.48. The zero-order valence-corrected chi connectivity index (χ0v) is 33.1. The van der Waals surface area contributed by atoms with E-state index < -0.39 is 37.3 Å². The fourth-order valence-corrected chi connectivity index (χ4v) is 5.52. The maximum absolute atomic E-state index is 6.67. The Hall–Kier alpha value is 3.57. The molecule has 16 heteroatoms. The highest BCUT2D eigenvalue weighted by Crippen LogP contribution is 2.55. The smallest absolute Gasteiger partial charge is 0.124 e. The van der Waals surface area contributed by atoms with E-state index >= 15 is 0 Å². The van der Waals surface area contributed by atoms with Crippen molar-refractivity contribution in [3.63, 3.8) is 0 Å². The van der Waals surface area contributed by atoms with E-state index in [1.165, 1.54) is 0 Å². The van der Waals surface area contributed by atoms with Crippen molar-refractivity contribution >= 4 is 180 Å². The molecule has 4 atom stereocenters. The van der Waals surface area contributed by atoms with Crippen molar-refractivity contribution in [1.29, 1.82) is 0 Å². The molecule has 0 spiro atoms. The van der Waals surface area contributed by atoms with E-state index in [4.69, 9.17) is 139 Å². The molecule has 0 aliphatic rings. The molecule has 0 bridgehead atoms. The summed E-state index contributed by atoms with van der Waals surface area (Å²) in [6, 6.07) is 3.12. The van der Waals surface area contributed by atoms with E-state index in [-0.39, 0.29) is 0 Å². The molecular weight excluding hydrogens is 706 g/mol. The van der Waals surface area contributed by atoms with Gasteiger partial charge >= 0.3 is 0 Å². The first-order valence-electron chi connectivity index (χ1n) is 8.50. The van der Waals surface area contributed by atoms with E-state index in [0.717, 1.165) is 0 Å². The molecule has 30 heavy (non-hydrogen) atoms. The third-order valence-corrected chi connectivity index (χ3v) is 17.4. The van der Waals surface area contributed by atoms with Gasteiger partial charge < -0.3 is 0 Å². The summed E-state index contributed by atoms with van der Waals surface area (Å²) in [7, 11) is 1.81. The molecule has 1 aromatic rings. The molecule has 4 unspecified atom stereocenters. The number of alkyl halides is 12. The van der Waals surface area contributed by atoms with Gasteiger partial charge in [0.2, 0.25) is 0 Å². The predicted octanol–water partition coefficient (Wildman–Crippen LogP) is 3.93. The molecule has 0 N–H and O–H groups in total. The Balaban J connectivity index is 4.23. The Labute approximate surface area is 249 Å². The fourth-order valence-electron chi connectivity index (χ4n) is 2.56. The summed E-state index contributed by atoms with van der Waals surface area (Å²) in [6.45, 7) is 0. The summed E-state index contributed by atoms with van der Waals surface area (Å²) in [5.74, 6) is 0. The largest absolute Gasteiger partial charge is 0.156 e. The third-order valence-electron chi connectivity index (χ3n) is 4.59. The van der Waals surface area contributed by atoms with Crippen LogP contribution in [0, 0.1) is 0 Å². The first kappa shape index (κ1) is 31.6. The van der Waals surface area contributed by atoms with Gasteiger partial charge in [0, 0.05) is 41.0 Å². The van der Waals surface area contributed by atoms with Crippen LogP contribution in [0.2, 0.25) is 0 Å². The van der Waals surface area contributed by atoms with Crippen molar-refractivity contribution in [2.24, 2.45) is 0 Å². The van der Waals surface area contributed by atoms with Gasteiger partial charge in [0.25, 0.3) is 0 Å². The Morgan fingerprint density at radius 2 is 0.567 bits per heavy atom. The molecular formula is C14H18Cl12Si4. The second-order valence-electron chi connectivity index (χ2n) is 6.90. The van der Waals surface area contributed by atoms with Crippen LogP contribution < -0.4 is 0 Å². The highest BCUT2D eigenvalue weighted by molar-refractivity contribution is 6.62. The van der Waals surface area contributed by atoms with Crippen LogP contribution in [0.4, 0.5) is 0 Å². The summed E-state index contributed by atoms with van der Waals surface area (Å²) in [4.78, 5) is 0. The van der Waals surface area contributed by atoms with E-state index in [9.17, 15) is 0 Å². The second-order valence-corrected chi connectivity index (χ2v) is 22.6. The van der Waals surface area contributed by atoms with E-state index in [1.54, 1.807) is 12.1 Å². The van der Waals surface area contributed by atoms with Gasteiger partial charge in [0.05, 0.1) is 20.0 Å². The van der Waals surface area contributed by atoms with Gasteiger partial charge in [-0.05, 0) is 34.4 Å². The van der Waals surface area contributed by atoms with Crippen LogP contribution in [0.15, 0.2) is 12.1 Å². The first-order chi connectivity index (χ1) is 13.2. The molecule has 0 amide bonds. The molecule has 0 aliphatic carbocycles. The van der Waals surface area contributed by atoms with Gasteiger partial charge in [0.15, 0.2) is 17.3 Å². The Bertz CT molecular complexity index is 641. The Morgan fingerprint density at radius 3 is 0.667 bits per heavy atom. The minimum absolute atomic E-state index is 0.305. The van der Waals surface area contributed by atoms with Crippen LogP contribution in [0.1, 0.15) is 22.3 Å². The summed E-state index contributed by atoms with van der Waals surface area (Å²) in [6.07, 6.45) is 0. The lowest BCUT2D eigenvalue weighted by molar-refractivity contribution is 0.800. The first-order valence-corrected chi connectivity index (χ1v) is 17.9. The van der Waals surface area contributed by atoms with E-state index in [2.05, 4.69) is 0 Å². The molecule has 0 saturated carbocycles. The Kier molecular flexibility index (Phi) is 11.9. The maximum Gasteiger partial charge on any atom is 0.156 e. The second kappa shape index (κ2) is 11.3. The number of halogens is 12. The number of hydrogen-bond acceptors (Lipinski definition) is 0. The molecule has 0 saturated heterocycles. The molecule has 0 heterocycles. The standard InChI is InChI=1S/C14H18Cl12Si4/c15-7(27)11(19,20)3-1-4(12(21,22)8(16)28)6(14(25,26)10(18)30)2-5(3)13(23,24)9(17)29/h1-2,7-10H,27-30H3. The van der Waals surface area contributed by atoms with Gasteiger partial charge in [-0.15, -0.1) is 46.4 Å². The van der Waals surface area contributed by atoms with Crippen molar-refractivity contribution < 1.29 is 0 Å². The van der Waals surface area contributed by atoms with Crippen molar-refractivity contribution in [2.75, 3.05) is 0 Å². The average molecular weight is 724 g/mol. The van der Waals surface area contributed by atoms with Gasteiger partial charge in [0.1, 0.15) is 0 Å². The van der Waals surface area contributed by atoms with Crippen LogP contribution >= 0.6 is 139 Å². The monoisotopic (exact) mass is 718 g/mol. The third kappa shape index (κ3) is 6.46. The van der Waals surface area contributed by atoms with Crippen LogP contribution in [0.3, 0.4) is 0 Å². The van der Waals surface area contributed by atoms with Crippen molar-refractivity contribution in [3.05, 3.63) is 34.4 Å². The molecule has 0 nitrogen and oxygen atoms in total. The number of rotatable bonds is 8. The molecule has 0 radical (unpaired) electrons. The lowest BCUT2D eigenvalue weighted by Gasteiger charge is -2.37. The molecule has 1 rings (SSSR count). The zero-order chi connectivity index (χ0) is 24.0. The van der Waals surface area contributed by atoms with E-state index in [0.29, 0.717) is 63.2 Å². The minimum Gasteiger partial charge on any atom is -0.124 e. The van der Waals surface area contributed by atoms with Crippen LogP contribution in [-0.2, 0) is 17.3 Å². The minimum atomic E-state index is -1.57. The van der Waals surface area contributed by atoms with E-state index in [1.807, 2.05) is 0 Å². The lowest BCUT2D eigenvalue weighted by Crippen LogP contribution is -2.36.